The Morgan fingerprint density at radius 3 is 2.43 bits per heavy atom. The van der Waals surface area contributed by atoms with Crippen LogP contribution in [0.1, 0.15) is 38.0 Å². The Morgan fingerprint density at radius 1 is 1.20 bits per heavy atom. The number of fused-ring (bicyclic) bond motifs is 1. The first-order valence-corrected chi connectivity index (χ1v) is 15.7. The van der Waals surface area contributed by atoms with Crippen molar-refractivity contribution < 1.29 is 27.3 Å². The van der Waals surface area contributed by atoms with Crippen LogP contribution < -0.4 is 10.2 Å². The van der Waals surface area contributed by atoms with E-state index in [-0.39, 0.29) is 27.5 Å². The first-order valence-electron chi connectivity index (χ1n) is 10.6. The van der Waals surface area contributed by atoms with Gasteiger partial charge < -0.3 is 15.1 Å². The van der Waals surface area contributed by atoms with Gasteiger partial charge in [-0.3, -0.25) is 14.3 Å². The third kappa shape index (κ3) is 8.10. The molecule has 1 unspecified atom stereocenters. The van der Waals surface area contributed by atoms with Crippen molar-refractivity contribution in [2.45, 2.75) is 48.5 Å². The fraction of sp³-hybridized carbons (Fsp3) is 0.450. The first-order chi connectivity index (χ1) is 16.2. The number of aromatic nitrogens is 3. The topological polar surface area (TPSA) is 172 Å². The van der Waals surface area contributed by atoms with Crippen LogP contribution in [0.4, 0.5) is 5.82 Å². The van der Waals surface area contributed by atoms with Crippen molar-refractivity contribution in [1.29, 1.82) is 0 Å². The van der Waals surface area contributed by atoms with Gasteiger partial charge in [-0.05, 0) is 37.0 Å². The zero-order valence-electron chi connectivity index (χ0n) is 19.5. The Bertz CT molecular complexity index is 1380. The van der Waals surface area contributed by atoms with E-state index >= 15 is 0 Å². The maximum atomic E-state index is 12.0. The van der Waals surface area contributed by atoms with Gasteiger partial charge in [-0.15, -0.1) is 0 Å². The average Bonchev–Trinajstić information content (AvgIpc) is 3.11. The number of aromatic amines is 1. The van der Waals surface area contributed by atoms with Gasteiger partial charge in [0.25, 0.3) is 0 Å². The molecule has 0 aliphatic rings. The minimum absolute atomic E-state index is 0.135. The maximum absolute atomic E-state index is 12.0. The molecule has 1 aromatic carbocycles. The standard InChI is InChI=1S/C20H27N4O7PS3/c1-11(2)9-14(10-31-32(26,27)28)21-17-16-18(24-20(25)34-16)23-19(22-17)33-12(3)13-5-7-15(8-6-13)35(4,29)30/h5-8,11-12,14H,9-10H2,1-4H3,(H2,26,27,28)(H2,21,22,23,24,25)/t12?,14-/m1/s1. The predicted octanol–water partition coefficient (Wildman–Crippen LogP) is 3.57. The van der Waals surface area contributed by atoms with Gasteiger partial charge in [0, 0.05) is 11.5 Å². The van der Waals surface area contributed by atoms with Crippen LogP contribution in [0.15, 0.2) is 39.1 Å². The normalized spacial score (nSPS) is 14.4. The number of sulfone groups is 1. The highest BCUT2D eigenvalue weighted by molar-refractivity contribution is 7.99. The van der Waals surface area contributed by atoms with Crippen molar-refractivity contribution in [3.63, 3.8) is 0 Å². The van der Waals surface area contributed by atoms with Crippen molar-refractivity contribution in [2.24, 2.45) is 5.92 Å². The van der Waals surface area contributed by atoms with Crippen LogP contribution in [-0.2, 0) is 18.9 Å². The summed E-state index contributed by atoms with van der Waals surface area (Å²) < 4.78 is 39.8. The molecule has 4 N–H and O–H groups in total. The molecular formula is C20H27N4O7PS3. The molecular weight excluding hydrogens is 535 g/mol. The first kappa shape index (κ1) is 27.8. The van der Waals surface area contributed by atoms with E-state index in [9.17, 15) is 17.8 Å². The van der Waals surface area contributed by atoms with Gasteiger partial charge in [-0.1, -0.05) is 49.1 Å². The van der Waals surface area contributed by atoms with Crippen molar-refractivity contribution in [3.8, 4) is 0 Å². The Labute approximate surface area is 210 Å². The number of phosphoric ester groups is 1. The molecule has 0 fully saturated rings. The van der Waals surface area contributed by atoms with Gasteiger partial charge in [0.05, 0.1) is 17.5 Å². The summed E-state index contributed by atoms with van der Waals surface area (Å²) in [4.78, 5) is 41.9. The Kier molecular flexibility index (Phi) is 8.79. The van der Waals surface area contributed by atoms with Crippen molar-refractivity contribution in [3.05, 3.63) is 39.5 Å². The number of hydrogen-bond donors (Lipinski definition) is 4. The molecule has 3 aromatic rings. The molecule has 0 radical (unpaired) electrons. The van der Waals surface area contributed by atoms with E-state index in [2.05, 4.69) is 20.3 Å². The number of thiazole rings is 1. The summed E-state index contributed by atoms with van der Waals surface area (Å²) in [5.41, 5.74) is 1.21. The van der Waals surface area contributed by atoms with E-state index < -0.39 is 23.7 Å². The summed E-state index contributed by atoms with van der Waals surface area (Å²) in [5, 5.41) is 3.40. The molecule has 0 saturated heterocycles. The van der Waals surface area contributed by atoms with Crippen LogP contribution in [0.2, 0.25) is 0 Å². The number of thioether (sulfide) groups is 1. The zero-order valence-corrected chi connectivity index (χ0v) is 22.8. The van der Waals surface area contributed by atoms with Gasteiger partial charge in [-0.25, -0.2) is 23.0 Å². The number of hydrogen-bond acceptors (Lipinski definition) is 10. The lowest BCUT2D eigenvalue weighted by Gasteiger charge is -2.22. The molecule has 15 heteroatoms. The summed E-state index contributed by atoms with van der Waals surface area (Å²) in [6.45, 7) is 5.61. The van der Waals surface area contributed by atoms with Crippen molar-refractivity contribution >= 4 is 56.9 Å². The third-order valence-electron chi connectivity index (χ3n) is 4.86. The van der Waals surface area contributed by atoms with Gasteiger partial charge in [-0.2, -0.15) is 0 Å². The van der Waals surface area contributed by atoms with Crippen LogP contribution in [0, 0.1) is 5.92 Å². The molecule has 2 aromatic heterocycles. The molecule has 0 aliphatic heterocycles. The smallest absolute Gasteiger partial charge is 0.364 e. The SMILES string of the molecule is CC(C)C[C@H](COP(=O)(O)O)Nc1nc(SC(C)c2ccc(S(C)(=O)=O)cc2)nc2[nH]c(=O)sc12. The lowest BCUT2D eigenvalue weighted by atomic mass is 10.0. The highest BCUT2D eigenvalue weighted by atomic mass is 32.2. The van der Waals surface area contributed by atoms with E-state index in [1.54, 1.807) is 24.3 Å². The molecule has 3 rings (SSSR count). The van der Waals surface area contributed by atoms with E-state index in [1.165, 1.54) is 11.8 Å². The minimum atomic E-state index is -4.66. The monoisotopic (exact) mass is 562 g/mol. The second-order valence-corrected chi connectivity index (χ2v) is 14.0. The number of rotatable bonds is 11. The number of nitrogens with one attached hydrogen (secondary N) is 2. The van der Waals surface area contributed by atoms with Gasteiger partial charge in [0.1, 0.15) is 4.70 Å². The lowest BCUT2D eigenvalue weighted by Crippen LogP contribution is -2.27. The average molecular weight is 563 g/mol. The van der Waals surface area contributed by atoms with Gasteiger partial charge in [0.15, 0.2) is 26.5 Å². The predicted molar refractivity (Wildman–Crippen MR) is 137 cm³/mol. The molecule has 11 nitrogen and oxygen atoms in total. The molecule has 35 heavy (non-hydrogen) atoms. The fourth-order valence-electron chi connectivity index (χ4n) is 3.31. The summed E-state index contributed by atoms with van der Waals surface area (Å²) >= 11 is 2.25. The minimum Gasteiger partial charge on any atom is -0.364 e. The highest BCUT2D eigenvalue weighted by Crippen LogP contribution is 2.37. The quantitative estimate of drug-likeness (QED) is 0.153. The zero-order chi connectivity index (χ0) is 26.0. The molecule has 192 valence electrons. The van der Waals surface area contributed by atoms with E-state index in [4.69, 9.17) is 14.3 Å². The van der Waals surface area contributed by atoms with E-state index in [0.717, 1.165) is 23.2 Å². The number of H-pyrrole nitrogens is 1. The number of nitrogens with zero attached hydrogens (tertiary/aromatic N) is 2. The van der Waals surface area contributed by atoms with Crippen molar-refractivity contribution in [2.75, 3.05) is 18.2 Å². The van der Waals surface area contributed by atoms with Gasteiger partial charge in [0.2, 0.25) is 0 Å². The third-order valence-corrected chi connectivity index (χ3v) is 8.37. The molecule has 0 bridgehead atoms. The van der Waals surface area contributed by atoms with Crippen LogP contribution in [0.25, 0.3) is 10.3 Å². The number of phosphoric acid groups is 1. The molecule has 0 saturated carbocycles. The molecule has 2 heterocycles. The Morgan fingerprint density at radius 2 is 1.86 bits per heavy atom. The van der Waals surface area contributed by atoms with Crippen LogP contribution in [0.5, 0.6) is 0 Å². The summed E-state index contributed by atoms with van der Waals surface area (Å²) in [5.74, 6) is 0.555. The summed E-state index contributed by atoms with van der Waals surface area (Å²) in [6.07, 6.45) is 1.69. The molecule has 2 atom stereocenters. The Balaban J connectivity index is 1.89. The second kappa shape index (κ2) is 11.1. The summed E-state index contributed by atoms with van der Waals surface area (Å²) in [6, 6.07) is 6.09. The highest BCUT2D eigenvalue weighted by Gasteiger charge is 2.22. The molecule has 0 spiro atoms. The molecule has 0 aliphatic carbocycles. The lowest BCUT2D eigenvalue weighted by molar-refractivity contribution is 0.184. The van der Waals surface area contributed by atoms with Crippen LogP contribution in [0.3, 0.4) is 0 Å². The Hall–Kier alpha value is -1.80. The second-order valence-electron chi connectivity index (χ2n) is 8.41. The number of benzene rings is 1. The van der Waals surface area contributed by atoms with Crippen LogP contribution in [-0.4, -0.2) is 52.1 Å². The number of anilines is 1. The van der Waals surface area contributed by atoms with Crippen molar-refractivity contribution in [1.82, 2.24) is 15.0 Å². The summed E-state index contributed by atoms with van der Waals surface area (Å²) in [7, 11) is -7.95. The van der Waals surface area contributed by atoms with E-state index in [0.29, 0.717) is 27.7 Å². The van der Waals surface area contributed by atoms with Gasteiger partial charge >= 0.3 is 12.7 Å². The fourth-order valence-corrected chi connectivity index (χ4v) is 5.94. The van der Waals surface area contributed by atoms with E-state index in [1.807, 2.05) is 20.8 Å². The molecule has 0 amide bonds. The largest absolute Gasteiger partial charge is 0.469 e. The van der Waals surface area contributed by atoms with Crippen LogP contribution >= 0.6 is 30.9 Å². The maximum Gasteiger partial charge on any atom is 0.469 e.